The minimum atomic E-state index is -0.377. The highest BCUT2D eigenvalue weighted by molar-refractivity contribution is 7.98. The second-order valence-electron chi connectivity index (χ2n) is 6.10. The van der Waals surface area contributed by atoms with Gasteiger partial charge in [0.2, 0.25) is 0 Å². The van der Waals surface area contributed by atoms with Crippen LogP contribution in [-0.2, 0) is 0 Å². The summed E-state index contributed by atoms with van der Waals surface area (Å²) in [6, 6.07) is 16.6. The van der Waals surface area contributed by atoms with Crippen LogP contribution in [0.1, 0.15) is 15.9 Å². The fraction of sp³-hybridized carbons (Fsp3) is 0.136. The Bertz CT molecular complexity index is 1020. The number of carbonyl (C=O) groups excluding carboxylic acids is 1. The van der Waals surface area contributed by atoms with E-state index in [-0.39, 0.29) is 5.91 Å². The molecule has 2 aromatic carbocycles. The number of ether oxygens (including phenoxy) is 2. The molecular formula is C22H22N4O3S. The number of hydrogen-bond donors (Lipinski definition) is 2. The molecule has 0 unspecified atom stereocenters. The third-order valence-electron chi connectivity index (χ3n) is 4.16. The average molecular weight is 423 g/mol. The van der Waals surface area contributed by atoms with Gasteiger partial charge in [-0.1, -0.05) is 12.1 Å². The summed E-state index contributed by atoms with van der Waals surface area (Å²) >= 11 is 1.67. The molecule has 7 nitrogen and oxygen atoms in total. The van der Waals surface area contributed by atoms with E-state index in [1.54, 1.807) is 68.7 Å². The second kappa shape index (κ2) is 10.3. The summed E-state index contributed by atoms with van der Waals surface area (Å²) in [5.74, 6) is 1.26. The van der Waals surface area contributed by atoms with Crippen LogP contribution in [0.2, 0.25) is 0 Å². The molecule has 0 aliphatic rings. The molecule has 1 heterocycles. The van der Waals surface area contributed by atoms with Gasteiger partial charge in [-0.15, -0.1) is 11.8 Å². The molecule has 0 fully saturated rings. The van der Waals surface area contributed by atoms with E-state index in [1.807, 2.05) is 30.5 Å². The fourth-order valence-electron chi connectivity index (χ4n) is 2.62. The van der Waals surface area contributed by atoms with Gasteiger partial charge in [0.25, 0.3) is 5.91 Å². The number of rotatable bonds is 8. The van der Waals surface area contributed by atoms with Gasteiger partial charge < -0.3 is 14.8 Å². The molecule has 0 aliphatic carbocycles. The van der Waals surface area contributed by atoms with Crippen LogP contribution in [0.5, 0.6) is 11.5 Å². The van der Waals surface area contributed by atoms with E-state index in [0.29, 0.717) is 28.6 Å². The lowest BCUT2D eigenvalue weighted by atomic mass is 10.2. The number of amides is 1. The van der Waals surface area contributed by atoms with E-state index in [4.69, 9.17) is 9.47 Å². The molecule has 0 aliphatic heterocycles. The molecule has 1 amide bonds. The smallest absolute Gasteiger partial charge is 0.275 e. The zero-order valence-electron chi connectivity index (χ0n) is 16.9. The average Bonchev–Trinajstić information content (AvgIpc) is 2.79. The van der Waals surface area contributed by atoms with Crippen LogP contribution >= 0.6 is 11.8 Å². The van der Waals surface area contributed by atoms with Crippen molar-refractivity contribution in [3.63, 3.8) is 0 Å². The molecule has 2 N–H and O–H groups in total. The first kappa shape index (κ1) is 21.2. The minimum Gasteiger partial charge on any atom is -0.497 e. The second-order valence-corrected chi connectivity index (χ2v) is 6.98. The molecular weight excluding hydrogens is 400 g/mol. The summed E-state index contributed by atoms with van der Waals surface area (Å²) in [6.45, 7) is 0. The Morgan fingerprint density at radius 1 is 1.07 bits per heavy atom. The minimum absolute atomic E-state index is 0.356. The molecule has 1 aromatic heterocycles. The molecule has 3 rings (SSSR count). The van der Waals surface area contributed by atoms with Crippen LogP contribution in [-0.4, -0.2) is 37.6 Å². The summed E-state index contributed by atoms with van der Waals surface area (Å²) < 4.78 is 10.6. The van der Waals surface area contributed by atoms with Crippen molar-refractivity contribution < 1.29 is 14.3 Å². The van der Waals surface area contributed by atoms with E-state index in [0.717, 1.165) is 10.5 Å². The van der Waals surface area contributed by atoms with E-state index in [1.165, 1.54) is 0 Å². The van der Waals surface area contributed by atoms with Crippen LogP contribution in [0, 0.1) is 0 Å². The number of hydrogen-bond acceptors (Lipinski definition) is 7. The third-order valence-corrected chi connectivity index (χ3v) is 4.91. The molecule has 0 saturated heterocycles. The number of aromatic nitrogens is 1. The van der Waals surface area contributed by atoms with Gasteiger partial charge in [0.05, 0.1) is 26.0 Å². The number of pyridine rings is 1. The molecule has 0 bridgehead atoms. The van der Waals surface area contributed by atoms with Gasteiger partial charge in [-0.05, 0) is 36.1 Å². The quantitative estimate of drug-likeness (QED) is 0.319. The largest absolute Gasteiger partial charge is 0.497 e. The Morgan fingerprint density at radius 3 is 2.40 bits per heavy atom. The summed E-state index contributed by atoms with van der Waals surface area (Å²) in [6.07, 6.45) is 5.22. The number of hydrazone groups is 1. The van der Waals surface area contributed by atoms with Crippen molar-refractivity contribution in [1.82, 2.24) is 10.4 Å². The molecule has 0 spiro atoms. The van der Waals surface area contributed by atoms with Crippen molar-refractivity contribution in [2.45, 2.75) is 4.90 Å². The first-order chi connectivity index (χ1) is 14.6. The maximum absolute atomic E-state index is 12.6. The molecule has 0 atom stereocenters. The fourth-order valence-corrected chi connectivity index (χ4v) is 3.03. The maximum Gasteiger partial charge on any atom is 0.275 e. The van der Waals surface area contributed by atoms with Crippen molar-refractivity contribution in [3.8, 4) is 11.5 Å². The number of nitrogens with one attached hydrogen (secondary N) is 2. The number of thioether (sulfide) groups is 1. The van der Waals surface area contributed by atoms with Gasteiger partial charge in [-0.2, -0.15) is 5.10 Å². The zero-order chi connectivity index (χ0) is 21.3. The summed E-state index contributed by atoms with van der Waals surface area (Å²) in [7, 11) is 3.15. The lowest BCUT2D eigenvalue weighted by molar-refractivity contribution is 0.0955. The van der Waals surface area contributed by atoms with Gasteiger partial charge in [-0.3, -0.25) is 4.79 Å². The number of benzene rings is 2. The highest BCUT2D eigenvalue weighted by Gasteiger charge is 2.13. The molecule has 8 heteroatoms. The van der Waals surface area contributed by atoms with Crippen LogP contribution in [0.4, 0.5) is 11.5 Å². The van der Waals surface area contributed by atoms with Gasteiger partial charge in [-0.25, -0.2) is 10.4 Å². The maximum atomic E-state index is 12.6. The SMILES string of the molecule is COc1cc(Nc2ncccc2C(=O)N/N=C/c2ccc(SC)cc2)cc(OC)c1. The first-order valence-corrected chi connectivity index (χ1v) is 10.3. The predicted octanol–water partition coefficient (Wildman–Crippen LogP) is 4.33. The van der Waals surface area contributed by atoms with Crippen molar-refractivity contribution in [3.05, 3.63) is 71.9 Å². The topological polar surface area (TPSA) is 84.8 Å². The van der Waals surface area contributed by atoms with Crippen LogP contribution in [0.25, 0.3) is 0 Å². The summed E-state index contributed by atoms with van der Waals surface area (Å²) in [5, 5.41) is 7.19. The predicted molar refractivity (Wildman–Crippen MR) is 120 cm³/mol. The van der Waals surface area contributed by atoms with Crippen molar-refractivity contribution >= 4 is 35.4 Å². The summed E-state index contributed by atoms with van der Waals surface area (Å²) in [5.41, 5.74) is 4.47. The van der Waals surface area contributed by atoms with Gasteiger partial charge in [0, 0.05) is 35.0 Å². The van der Waals surface area contributed by atoms with Crippen LogP contribution in [0.15, 0.2) is 70.8 Å². The van der Waals surface area contributed by atoms with E-state index < -0.39 is 0 Å². The van der Waals surface area contributed by atoms with Gasteiger partial charge in [0.15, 0.2) is 0 Å². The lowest BCUT2D eigenvalue weighted by Gasteiger charge is -2.12. The van der Waals surface area contributed by atoms with Crippen LogP contribution < -0.4 is 20.2 Å². The van der Waals surface area contributed by atoms with Gasteiger partial charge >= 0.3 is 0 Å². The zero-order valence-corrected chi connectivity index (χ0v) is 17.7. The van der Waals surface area contributed by atoms with E-state index >= 15 is 0 Å². The molecule has 154 valence electrons. The molecule has 0 saturated carbocycles. The highest BCUT2D eigenvalue weighted by Crippen LogP contribution is 2.28. The number of carbonyl (C=O) groups is 1. The third kappa shape index (κ3) is 5.51. The number of anilines is 2. The molecule has 0 radical (unpaired) electrons. The van der Waals surface area contributed by atoms with Crippen molar-refractivity contribution in [1.29, 1.82) is 0 Å². The van der Waals surface area contributed by atoms with E-state index in [9.17, 15) is 4.79 Å². The number of methoxy groups -OCH3 is 2. The molecule has 3 aromatic rings. The Kier molecular flexibility index (Phi) is 7.29. The standard InChI is InChI=1S/C22H22N4O3S/c1-28-17-11-16(12-18(13-17)29-2)25-21-20(5-4-10-23-21)22(27)26-24-14-15-6-8-19(30-3)9-7-15/h4-14H,1-3H3,(H,23,25)(H,26,27)/b24-14+. The van der Waals surface area contributed by atoms with Crippen molar-refractivity contribution in [2.75, 3.05) is 25.8 Å². The van der Waals surface area contributed by atoms with Gasteiger partial charge in [0.1, 0.15) is 17.3 Å². The highest BCUT2D eigenvalue weighted by atomic mass is 32.2. The first-order valence-electron chi connectivity index (χ1n) is 9.05. The summed E-state index contributed by atoms with van der Waals surface area (Å²) in [4.78, 5) is 18.1. The van der Waals surface area contributed by atoms with Crippen LogP contribution in [0.3, 0.4) is 0 Å². The Hall–Kier alpha value is -3.52. The molecule has 30 heavy (non-hydrogen) atoms. The van der Waals surface area contributed by atoms with E-state index in [2.05, 4.69) is 20.8 Å². The number of nitrogens with zero attached hydrogens (tertiary/aromatic N) is 2. The van der Waals surface area contributed by atoms with Crippen molar-refractivity contribution in [2.24, 2.45) is 5.10 Å². The Morgan fingerprint density at radius 2 is 1.77 bits per heavy atom. The normalized spacial score (nSPS) is 10.6. The Balaban J connectivity index is 1.74. The lowest BCUT2D eigenvalue weighted by Crippen LogP contribution is -2.19. The Labute approximate surface area is 179 Å². The monoisotopic (exact) mass is 422 g/mol.